The van der Waals surface area contributed by atoms with Crippen molar-refractivity contribution in [3.8, 4) is 5.75 Å². The summed E-state index contributed by atoms with van der Waals surface area (Å²) in [6.07, 6.45) is 3.97. The molecule has 3 rings (SSSR count). The van der Waals surface area contributed by atoms with E-state index in [1.807, 2.05) is 56.3 Å². The van der Waals surface area contributed by atoms with Crippen molar-refractivity contribution in [3.05, 3.63) is 71.8 Å². The minimum absolute atomic E-state index is 0.0430. The fourth-order valence-corrected chi connectivity index (χ4v) is 3.00. The molecule has 2 aromatic carbocycles. The Labute approximate surface area is 181 Å². The summed E-state index contributed by atoms with van der Waals surface area (Å²) in [4.78, 5) is 26.1. The summed E-state index contributed by atoms with van der Waals surface area (Å²) in [5.74, 6) is 0.970. The summed E-state index contributed by atoms with van der Waals surface area (Å²) in [6.45, 7) is 4.49. The Bertz CT molecular complexity index is 999. The molecule has 0 spiro atoms. The van der Waals surface area contributed by atoms with E-state index in [1.54, 1.807) is 24.3 Å². The van der Waals surface area contributed by atoms with Crippen LogP contribution in [0.5, 0.6) is 5.75 Å². The molecular weight excluding hydrogens is 394 g/mol. The van der Waals surface area contributed by atoms with Crippen molar-refractivity contribution in [2.24, 2.45) is 21.5 Å². The van der Waals surface area contributed by atoms with Crippen molar-refractivity contribution in [2.45, 2.75) is 25.9 Å². The molecule has 8 heteroatoms. The zero-order valence-corrected chi connectivity index (χ0v) is 17.7. The third kappa shape index (κ3) is 6.16. The number of nitrogens with two attached hydrogens (primary N) is 2. The standard InChI is InChI=1S/C23H27N5O3/c1-23(2)27-21(24)26-22(25)28(23)31-15-7-14-30-19-11-6-8-17(16-19)12-13-20(29)18-9-4-3-5-10-18/h3-6,8-13,16H,7,14-15H2,1-2H3,(H4,24,25,26,27)/b13-12+. The number of hydrogen-bond donors (Lipinski definition) is 2. The molecule has 0 bridgehead atoms. The highest BCUT2D eigenvalue weighted by Gasteiger charge is 2.32. The molecule has 1 aliphatic heterocycles. The molecular formula is C23H27N5O3. The van der Waals surface area contributed by atoms with Crippen LogP contribution >= 0.6 is 0 Å². The molecule has 0 saturated heterocycles. The molecule has 0 atom stereocenters. The number of rotatable bonds is 9. The lowest BCUT2D eigenvalue weighted by Gasteiger charge is -2.36. The number of allylic oxidation sites excluding steroid dienone is 1. The second-order valence-corrected chi connectivity index (χ2v) is 7.40. The largest absolute Gasteiger partial charge is 0.493 e. The zero-order chi connectivity index (χ0) is 22.3. The maximum absolute atomic E-state index is 12.2. The predicted molar refractivity (Wildman–Crippen MR) is 121 cm³/mol. The topological polar surface area (TPSA) is 116 Å². The van der Waals surface area contributed by atoms with Gasteiger partial charge in [0.25, 0.3) is 0 Å². The van der Waals surface area contributed by atoms with Gasteiger partial charge in [-0.1, -0.05) is 48.5 Å². The Morgan fingerprint density at radius 2 is 1.87 bits per heavy atom. The monoisotopic (exact) mass is 421 g/mol. The Morgan fingerprint density at radius 3 is 2.61 bits per heavy atom. The van der Waals surface area contributed by atoms with Crippen LogP contribution in [0.15, 0.2) is 70.7 Å². The van der Waals surface area contributed by atoms with Gasteiger partial charge >= 0.3 is 0 Å². The minimum Gasteiger partial charge on any atom is -0.493 e. The van der Waals surface area contributed by atoms with E-state index in [4.69, 9.17) is 21.0 Å². The Morgan fingerprint density at radius 1 is 1.10 bits per heavy atom. The fourth-order valence-electron chi connectivity index (χ4n) is 3.00. The first-order valence-corrected chi connectivity index (χ1v) is 9.98. The van der Waals surface area contributed by atoms with Crippen molar-refractivity contribution in [1.29, 1.82) is 0 Å². The first-order chi connectivity index (χ1) is 14.8. The Balaban J connectivity index is 1.46. The molecule has 0 radical (unpaired) electrons. The highest BCUT2D eigenvalue weighted by atomic mass is 16.7. The SMILES string of the molecule is CC1(C)N=C(N)N=C(N)N1OCCCOc1cccc(/C=C/C(=O)c2ccccc2)c1. The van der Waals surface area contributed by atoms with Crippen LogP contribution in [-0.4, -0.2) is 41.6 Å². The quantitative estimate of drug-likeness (QED) is 0.365. The second-order valence-electron chi connectivity index (χ2n) is 7.40. The Hall–Kier alpha value is -3.65. The minimum atomic E-state index is -0.728. The first-order valence-electron chi connectivity index (χ1n) is 9.98. The summed E-state index contributed by atoms with van der Waals surface area (Å²) < 4.78 is 5.80. The number of nitrogens with zero attached hydrogens (tertiary/aromatic N) is 3. The van der Waals surface area contributed by atoms with Gasteiger partial charge in [-0.3, -0.25) is 9.63 Å². The smallest absolute Gasteiger partial charge is 0.226 e. The van der Waals surface area contributed by atoms with Gasteiger partial charge in [0.05, 0.1) is 13.2 Å². The van der Waals surface area contributed by atoms with Crippen LogP contribution in [0.1, 0.15) is 36.2 Å². The van der Waals surface area contributed by atoms with E-state index in [1.165, 1.54) is 5.06 Å². The van der Waals surface area contributed by atoms with Gasteiger partial charge in [0, 0.05) is 12.0 Å². The lowest BCUT2D eigenvalue weighted by atomic mass is 10.1. The van der Waals surface area contributed by atoms with Crippen LogP contribution in [0.4, 0.5) is 0 Å². The van der Waals surface area contributed by atoms with Gasteiger partial charge in [0.2, 0.25) is 11.9 Å². The van der Waals surface area contributed by atoms with Crippen LogP contribution in [0, 0.1) is 0 Å². The van der Waals surface area contributed by atoms with Crippen LogP contribution < -0.4 is 16.2 Å². The van der Waals surface area contributed by atoms with Crippen molar-refractivity contribution < 1.29 is 14.4 Å². The molecule has 2 aromatic rings. The molecule has 0 unspecified atom stereocenters. The summed E-state index contributed by atoms with van der Waals surface area (Å²) >= 11 is 0. The van der Waals surface area contributed by atoms with Crippen molar-refractivity contribution in [3.63, 3.8) is 0 Å². The number of ether oxygens (including phenoxy) is 1. The van der Waals surface area contributed by atoms with Gasteiger partial charge in [-0.05, 0) is 37.6 Å². The molecule has 31 heavy (non-hydrogen) atoms. The van der Waals surface area contributed by atoms with Crippen LogP contribution in [0.2, 0.25) is 0 Å². The number of hydrogen-bond acceptors (Lipinski definition) is 8. The van der Waals surface area contributed by atoms with E-state index in [2.05, 4.69) is 9.98 Å². The molecule has 8 nitrogen and oxygen atoms in total. The molecule has 4 N–H and O–H groups in total. The average Bonchev–Trinajstić information content (AvgIpc) is 2.73. The maximum Gasteiger partial charge on any atom is 0.226 e. The number of carbonyl (C=O) groups excluding carboxylic acids is 1. The van der Waals surface area contributed by atoms with Crippen molar-refractivity contribution >= 4 is 23.8 Å². The van der Waals surface area contributed by atoms with Crippen molar-refractivity contribution in [1.82, 2.24) is 5.06 Å². The van der Waals surface area contributed by atoms with E-state index in [0.717, 1.165) is 5.56 Å². The van der Waals surface area contributed by atoms with Gasteiger partial charge in [-0.2, -0.15) is 10.1 Å². The summed E-state index contributed by atoms with van der Waals surface area (Å²) in [5.41, 5.74) is 12.3. The lowest BCUT2D eigenvalue weighted by Crippen LogP contribution is -2.53. The third-order valence-electron chi connectivity index (χ3n) is 4.44. The molecule has 0 fully saturated rings. The number of ketones is 1. The predicted octanol–water partition coefficient (Wildman–Crippen LogP) is 2.96. The molecule has 0 aromatic heterocycles. The highest BCUT2D eigenvalue weighted by molar-refractivity contribution is 6.06. The van der Waals surface area contributed by atoms with E-state index in [0.29, 0.717) is 30.9 Å². The van der Waals surface area contributed by atoms with E-state index >= 15 is 0 Å². The zero-order valence-electron chi connectivity index (χ0n) is 17.7. The average molecular weight is 422 g/mol. The summed E-state index contributed by atoms with van der Waals surface area (Å²) in [7, 11) is 0. The van der Waals surface area contributed by atoms with E-state index in [9.17, 15) is 4.79 Å². The van der Waals surface area contributed by atoms with Gasteiger partial charge in [0.1, 0.15) is 5.75 Å². The van der Waals surface area contributed by atoms with Gasteiger partial charge < -0.3 is 16.2 Å². The van der Waals surface area contributed by atoms with E-state index in [-0.39, 0.29) is 17.7 Å². The maximum atomic E-state index is 12.2. The molecule has 162 valence electrons. The molecule has 0 aliphatic carbocycles. The summed E-state index contributed by atoms with van der Waals surface area (Å²) in [5, 5.41) is 1.44. The second kappa shape index (κ2) is 9.90. The Kier molecular flexibility index (Phi) is 7.04. The van der Waals surface area contributed by atoms with Crippen LogP contribution in [0.25, 0.3) is 6.08 Å². The van der Waals surface area contributed by atoms with Gasteiger partial charge in [-0.25, -0.2) is 4.99 Å². The number of guanidine groups is 2. The number of benzene rings is 2. The van der Waals surface area contributed by atoms with Gasteiger partial charge in [-0.15, -0.1) is 0 Å². The van der Waals surface area contributed by atoms with Gasteiger partial charge in [0.15, 0.2) is 11.4 Å². The van der Waals surface area contributed by atoms with E-state index < -0.39 is 5.66 Å². The molecule has 1 heterocycles. The molecule has 0 saturated carbocycles. The van der Waals surface area contributed by atoms with Crippen LogP contribution in [-0.2, 0) is 4.84 Å². The number of carbonyl (C=O) groups is 1. The third-order valence-corrected chi connectivity index (χ3v) is 4.44. The van der Waals surface area contributed by atoms with Crippen LogP contribution in [0.3, 0.4) is 0 Å². The summed E-state index contributed by atoms with van der Waals surface area (Å²) in [6, 6.07) is 16.7. The lowest BCUT2D eigenvalue weighted by molar-refractivity contribution is -0.158. The normalized spacial score (nSPS) is 15.5. The fraction of sp³-hybridized carbons (Fsp3) is 0.261. The molecule has 0 amide bonds. The van der Waals surface area contributed by atoms with Crippen molar-refractivity contribution in [2.75, 3.05) is 13.2 Å². The first kappa shape index (κ1) is 22.0. The number of aliphatic imine (C=N–C) groups is 2. The highest BCUT2D eigenvalue weighted by Crippen LogP contribution is 2.20. The number of hydroxylamine groups is 2. The molecule has 1 aliphatic rings.